The van der Waals surface area contributed by atoms with Crippen molar-refractivity contribution >= 4 is 0 Å². The van der Waals surface area contributed by atoms with Gasteiger partial charge in [-0.3, -0.25) is 0 Å². The van der Waals surface area contributed by atoms with Gasteiger partial charge < -0.3 is 0 Å². The Kier molecular flexibility index (Phi) is 3.65. The highest BCUT2D eigenvalue weighted by Gasteiger charge is 2.38. The highest BCUT2D eigenvalue weighted by Crippen LogP contribution is 2.31. The van der Waals surface area contributed by atoms with Crippen molar-refractivity contribution in [3.8, 4) is 0 Å². The number of hydrogen-bond acceptors (Lipinski definition) is 1. The van der Waals surface area contributed by atoms with Gasteiger partial charge in [0, 0.05) is 19.5 Å². The Morgan fingerprint density at radius 1 is 1.31 bits per heavy atom. The van der Waals surface area contributed by atoms with Gasteiger partial charge in [0.1, 0.15) is 0 Å². The summed E-state index contributed by atoms with van der Waals surface area (Å²) in [6, 6.07) is -2.53. The number of nitrogens with zero attached hydrogens (tertiary/aromatic N) is 1. The Bertz CT molecular complexity index is 157. The minimum Gasteiger partial charge on any atom is -0.245 e. The van der Waals surface area contributed by atoms with Crippen LogP contribution in [0.25, 0.3) is 0 Å². The molecule has 0 N–H and O–H groups in total. The number of piperidine rings is 1. The fourth-order valence-electron chi connectivity index (χ4n) is 1.65. The van der Waals surface area contributed by atoms with Crippen LogP contribution < -0.4 is 0 Å². The summed E-state index contributed by atoms with van der Waals surface area (Å²) in [6.45, 7) is 5.26. The van der Waals surface area contributed by atoms with Gasteiger partial charge >= 0.3 is 6.05 Å². The maximum absolute atomic E-state index is 13.2. The predicted molar refractivity (Wildman–Crippen MR) is 49.8 cm³/mol. The van der Waals surface area contributed by atoms with E-state index in [-0.39, 0.29) is 6.42 Å². The van der Waals surface area contributed by atoms with Gasteiger partial charge in [-0.1, -0.05) is 13.8 Å². The van der Waals surface area contributed by atoms with Crippen molar-refractivity contribution in [1.82, 2.24) is 4.90 Å². The van der Waals surface area contributed by atoms with Gasteiger partial charge in [-0.25, -0.2) is 4.90 Å². The van der Waals surface area contributed by atoms with Crippen molar-refractivity contribution in [2.24, 2.45) is 5.92 Å². The molecule has 0 unspecified atom stereocenters. The van der Waals surface area contributed by atoms with E-state index in [0.717, 1.165) is 12.8 Å². The molecule has 1 fully saturated rings. The average Bonchev–Trinajstić information content (AvgIpc) is 2.01. The molecular weight excluding hydrogens is 172 g/mol. The van der Waals surface area contributed by atoms with Gasteiger partial charge in [-0.15, -0.1) is 0 Å². The minimum atomic E-state index is -2.53. The number of hydrogen-bond donors (Lipinski definition) is 0. The van der Waals surface area contributed by atoms with E-state index in [2.05, 4.69) is 13.8 Å². The first kappa shape index (κ1) is 10.9. The van der Waals surface area contributed by atoms with Crippen LogP contribution in [0.15, 0.2) is 0 Å². The Morgan fingerprint density at radius 2 is 2.00 bits per heavy atom. The van der Waals surface area contributed by atoms with Crippen LogP contribution >= 0.6 is 0 Å². The smallest absolute Gasteiger partial charge is 0.245 e. The lowest BCUT2D eigenvalue weighted by Crippen LogP contribution is -2.45. The number of alkyl halides is 2. The van der Waals surface area contributed by atoms with E-state index in [1.165, 1.54) is 4.90 Å². The summed E-state index contributed by atoms with van der Waals surface area (Å²) in [5, 5.41) is 0. The lowest BCUT2D eigenvalue weighted by atomic mass is 10.1. The predicted octanol–water partition coefficient (Wildman–Crippen LogP) is 3.11. The summed E-state index contributed by atoms with van der Waals surface area (Å²) in [5.41, 5.74) is 0. The van der Waals surface area contributed by atoms with E-state index in [1.807, 2.05) is 0 Å². The Balaban J connectivity index is 2.37. The number of rotatable bonds is 3. The molecule has 1 saturated heterocycles. The Morgan fingerprint density at radius 3 is 2.54 bits per heavy atom. The summed E-state index contributed by atoms with van der Waals surface area (Å²) in [5.74, 6) is 0.512. The normalized spacial score (nSPS) is 23.8. The molecule has 0 aromatic rings. The first-order valence-corrected chi connectivity index (χ1v) is 5.15. The van der Waals surface area contributed by atoms with E-state index < -0.39 is 6.05 Å². The second kappa shape index (κ2) is 4.36. The molecule has 1 rings (SSSR count). The van der Waals surface area contributed by atoms with Gasteiger partial charge in [-0.2, -0.15) is 8.78 Å². The van der Waals surface area contributed by atoms with Crippen molar-refractivity contribution in [3.63, 3.8) is 0 Å². The van der Waals surface area contributed by atoms with E-state index in [4.69, 9.17) is 0 Å². The van der Waals surface area contributed by atoms with E-state index in [0.29, 0.717) is 25.4 Å². The fraction of sp³-hybridized carbons (Fsp3) is 1.00. The molecule has 1 nitrogen and oxygen atoms in total. The molecule has 1 aliphatic rings. The van der Waals surface area contributed by atoms with Gasteiger partial charge in [0.05, 0.1) is 0 Å². The molecule has 1 aliphatic heterocycles. The van der Waals surface area contributed by atoms with E-state index >= 15 is 0 Å². The van der Waals surface area contributed by atoms with Crippen LogP contribution in [0.5, 0.6) is 0 Å². The summed E-state index contributed by atoms with van der Waals surface area (Å²) in [6.07, 6.45) is 2.51. The molecule has 0 bridgehead atoms. The Labute approximate surface area is 79.1 Å². The summed E-state index contributed by atoms with van der Waals surface area (Å²) < 4.78 is 26.5. The number of halogens is 2. The standard InChI is InChI=1S/C10H19F2N/c1-9(2)5-8-13-7-4-3-6-10(13,11)12/h9H,3-8H2,1-2H3. The third-order valence-electron chi connectivity index (χ3n) is 2.59. The van der Waals surface area contributed by atoms with Gasteiger partial charge in [0.25, 0.3) is 0 Å². The van der Waals surface area contributed by atoms with Crippen LogP contribution in [0.1, 0.15) is 39.5 Å². The monoisotopic (exact) mass is 191 g/mol. The minimum absolute atomic E-state index is 0.0467. The first-order valence-electron chi connectivity index (χ1n) is 5.15. The van der Waals surface area contributed by atoms with Crippen molar-refractivity contribution in [2.75, 3.05) is 13.1 Å². The van der Waals surface area contributed by atoms with Gasteiger partial charge in [0.15, 0.2) is 0 Å². The molecule has 78 valence electrons. The van der Waals surface area contributed by atoms with Gasteiger partial charge in [-0.05, 0) is 25.2 Å². The van der Waals surface area contributed by atoms with Crippen LogP contribution in [0.3, 0.4) is 0 Å². The highest BCUT2D eigenvalue weighted by atomic mass is 19.3. The molecule has 0 aromatic heterocycles. The van der Waals surface area contributed by atoms with Crippen LogP contribution in [-0.4, -0.2) is 24.0 Å². The molecule has 13 heavy (non-hydrogen) atoms. The zero-order chi connectivity index (χ0) is 9.90. The SMILES string of the molecule is CC(C)CCN1CCCCC1(F)F. The maximum Gasteiger partial charge on any atom is 0.304 e. The molecule has 0 radical (unpaired) electrons. The van der Waals surface area contributed by atoms with Crippen LogP contribution in [0.2, 0.25) is 0 Å². The third-order valence-corrected chi connectivity index (χ3v) is 2.59. The maximum atomic E-state index is 13.2. The van der Waals surface area contributed by atoms with Crippen molar-refractivity contribution in [3.05, 3.63) is 0 Å². The summed E-state index contributed by atoms with van der Waals surface area (Å²) >= 11 is 0. The average molecular weight is 191 g/mol. The third kappa shape index (κ3) is 3.22. The highest BCUT2D eigenvalue weighted by molar-refractivity contribution is 4.75. The largest absolute Gasteiger partial charge is 0.304 e. The fourth-order valence-corrected chi connectivity index (χ4v) is 1.65. The second-order valence-electron chi connectivity index (χ2n) is 4.29. The molecule has 0 saturated carbocycles. The van der Waals surface area contributed by atoms with Gasteiger partial charge in [0.2, 0.25) is 0 Å². The van der Waals surface area contributed by atoms with Crippen LogP contribution in [0, 0.1) is 5.92 Å². The van der Waals surface area contributed by atoms with E-state index in [1.54, 1.807) is 0 Å². The lowest BCUT2D eigenvalue weighted by Gasteiger charge is -2.35. The molecular formula is C10H19F2N. The summed E-state index contributed by atoms with van der Waals surface area (Å²) in [4.78, 5) is 1.34. The molecule has 3 heteroatoms. The first-order chi connectivity index (χ1) is 6.02. The Hall–Kier alpha value is -0.180. The van der Waals surface area contributed by atoms with Crippen LogP contribution in [0.4, 0.5) is 8.78 Å². The van der Waals surface area contributed by atoms with Crippen LogP contribution in [-0.2, 0) is 0 Å². The molecule has 0 amide bonds. The second-order valence-corrected chi connectivity index (χ2v) is 4.29. The molecule has 1 heterocycles. The van der Waals surface area contributed by atoms with Crippen molar-refractivity contribution in [2.45, 2.75) is 45.6 Å². The lowest BCUT2D eigenvalue weighted by molar-refractivity contribution is -0.168. The molecule has 0 spiro atoms. The quantitative estimate of drug-likeness (QED) is 0.619. The molecule has 0 aliphatic carbocycles. The van der Waals surface area contributed by atoms with Crippen molar-refractivity contribution < 1.29 is 8.78 Å². The number of likely N-dealkylation sites (tertiary alicyclic amines) is 1. The molecule has 0 atom stereocenters. The van der Waals surface area contributed by atoms with Crippen molar-refractivity contribution in [1.29, 1.82) is 0 Å². The topological polar surface area (TPSA) is 3.24 Å². The zero-order valence-corrected chi connectivity index (χ0v) is 8.52. The van der Waals surface area contributed by atoms with E-state index in [9.17, 15) is 8.78 Å². The summed E-state index contributed by atoms with van der Waals surface area (Å²) in [7, 11) is 0. The zero-order valence-electron chi connectivity index (χ0n) is 8.52. The molecule has 0 aromatic carbocycles.